The van der Waals surface area contributed by atoms with Gasteiger partial charge in [-0.25, -0.2) is 0 Å². The number of hydrogen-bond donors (Lipinski definition) is 1. The van der Waals surface area contributed by atoms with Crippen LogP contribution in [0.15, 0.2) is 60.8 Å². The van der Waals surface area contributed by atoms with Crippen molar-refractivity contribution in [3.8, 4) is 0 Å². The number of carbonyl (C=O) groups excluding carboxylic acids is 2. The van der Waals surface area contributed by atoms with Gasteiger partial charge in [0.05, 0.1) is 11.2 Å². The summed E-state index contributed by atoms with van der Waals surface area (Å²) in [6.45, 7) is 1.38. The number of fused-ring (bicyclic) bond motifs is 1. The zero-order valence-corrected chi connectivity index (χ0v) is 15.6. The zero-order chi connectivity index (χ0) is 19.4. The minimum Gasteiger partial charge on any atom is -0.378 e. The number of pyridine rings is 1. The molecule has 0 spiro atoms. The van der Waals surface area contributed by atoms with Crippen molar-refractivity contribution in [1.29, 1.82) is 0 Å². The van der Waals surface area contributed by atoms with E-state index in [1.165, 1.54) is 11.8 Å². The van der Waals surface area contributed by atoms with Crippen LogP contribution in [0.1, 0.15) is 6.92 Å². The summed E-state index contributed by atoms with van der Waals surface area (Å²) in [5.41, 5.74) is 3.05. The SMILES string of the molecule is CC(=O)N(CC(=O)Nc1cccc2cccnc12)c1ccc(N(C)C)cc1. The summed E-state index contributed by atoms with van der Waals surface area (Å²) in [4.78, 5) is 32.4. The van der Waals surface area contributed by atoms with Crippen LogP contribution < -0.4 is 15.1 Å². The number of nitrogens with zero attached hydrogens (tertiary/aromatic N) is 3. The summed E-state index contributed by atoms with van der Waals surface area (Å²) in [5.74, 6) is -0.473. The Morgan fingerprint density at radius 2 is 1.63 bits per heavy atom. The first kappa shape index (κ1) is 18.4. The van der Waals surface area contributed by atoms with Gasteiger partial charge in [-0.05, 0) is 36.4 Å². The Morgan fingerprint density at radius 3 is 2.30 bits per heavy atom. The normalized spacial score (nSPS) is 10.5. The lowest BCUT2D eigenvalue weighted by Crippen LogP contribution is -2.36. The van der Waals surface area contributed by atoms with Crippen molar-refractivity contribution < 1.29 is 9.59 Å². The highest BCUT2D eigenvalue weighted by molar-refractivity contribution is 6.05. The van der Waals surface area contributed by atoms with Gasteiger partial charge >= 0.3 is 0 Å². The molecular weight excluding hydrogens is 340 g/mol. The predicted molar refractivity (Wildman–Crippen MR) is 109 cm³/mol. The Balaban J connectivity index is 1.78. The summed E-state index contributed by atoms with van der Waals surface area (Å²) in [7, 11) is 3.90. The van der Waals surface area contributed by atoms with Crippen LogP contribution in [0.2, 0.25) is 0 Å². The number of anilines is 3. The molecule has 2 amide bonds. The van der Waals surface area contributed by atoms with Gasteiger partial charge < -0.3 is 15.1 Å². The number of hydrogen-bond acceptors (Lipinski definition) is 4. The molecule has 3 aromatic rings. The van der Waals surface area contributed by atoms with E-state index >= 15 is 0 Å². The maximum Gasteiger partial charge on any atom is 0.244 e. The molecule has 0 bridgehead atoms. The van der Waals surface area contributed by atoms with Crippen LogP contribution in [-0.4, -0.2) is 37.4 Å². The summed E-state index contributed by atoms with van der Waals surface area (Å²) in [5, 5.41) is 3.81. The van der Waals surface area contributed by atoms with Crippen molar-refractivity contribution in [2.45, 2.75) is 6.92 Å². The molecule has 138 valence electrons. The van der Waals surface area contributed by atoms with Gasteiger partial charge in [0.15, 0.2) is 0 Å². The van der Waals surface area contributed by atoms with Crippen molar-refractivity contribution in [3.63, 3.8) is 0 Å². The highest BCUT2D eigenvalue weighted by atomic mass is 16.2. The number of amides is 2. The quantitative estimate of drug-likeness (QED) is 0.756. The molecule has 27 heavy (non-hydrogen) atoms. The second-order valence-corrected chi connectivity index (χ2v) is 6.44. The molecule has 2 aromatic carbocycles. The molecule has 0 aliphatic carbocycles. The zero-order valence-electron chi connectivity index (χ0n) is 15.6. The van der Waals surface area contributed by atoms with Gasteiger partial charge in [-0.3, -0.25) is 14.6 Å². The second kappa shape index (κ2) is 7.86. The van der Waals surface area contributed by atoms with E-state index < -0.39 is 0 Å². The van der Waals surface area contributed by atoms with Gasteiger partial charge in [-0.2, -0.15) is 0 Å². The monoisotopic (exact) mass is 362 g/mol. The van der Waals surface area contributed by atoms with Crippen molar-refractivity contribution in [3.05, 3.63) is 60.8 Å². The highest BCUT2D eigenvalue weighted by Gasteiger charge is 2.17. The van der Waals surface area contributed by atoms with Crippen LogP contribution >= 0.6 is 0 Å². The van der Waals surface area contributed by atoms with Gasteiger partial charge in [-0.1, -0.05) is 18.2 Å². The molecule has 6 heteroatoms. The molecule has 0 unspecified atom stereocenters. The average molecular weight is 362 g/mol. The van der Waals surface area contributed by atoms with Crippen LogP contribution in [0.25, 0.3) is 10.9 Å². The number of benzene rings is 2. The van der Waals surface area contributed by atoms with E-state index in [0.717, 1.165) is 16.6 Å². The van der Waals surface area contributed by atoms with E-state index in [0.29, 0.717) is 11.4 Å². The van der Waals surface area contributed by atoms with E-state index in [1.54, 1.807) is 12.3 Å². The van der Waals surface area contributed by atoms with Crippen LogP contribution in [0, 0.1) is 0 Å². The van der Waals surface area contributed by atoms with Crippen molar-refractivity contribution in [2.75, 3.05) is 35.8 Å². The molecule has 1 aromatic heterocycles. The number of carbonyl (C=O) groups is 2. The number of aromatic nitrogens is 1. The average Bonchev–Trinajstić information content (AvgIpc) is 2.66. The van der Waals surface area contributed by atoms with E-state index in [1.807, 2.05) is 67.5 Å². The Bertz CT molecular complexity index is 962. The Kier molecular flexibility index (Phi) is 5.35. The second-order valence-electron chi connectivity index (χ2n) is 6.44. The number of para-hydroxylation sites is 1. The van der Waals surface area contributed by atoms with Crippen LogP contribution in [0.4, 0.5) is 17.1 Å². The Hall–Kier alpha value is -3.41. The van der Waals surface area contributed by atoms with Crippen molar-refractivity contribution in [2.24, 2.45) is 0 Å². The standard InChI is InChI=1S/C21H22N4O2/c1-15(26)25(18-11-9-17(10-12-18)24(2)3)14-20(27)23-19-8-4-6-16-7-5-13-22-21(16)19/h4-13H,14H2,1-3H3,(H,23,27). The Labute approximate surface area is 158 Å². The molecule has 6 nitrogen and oxygen atoms in total. The lowest BCUT2D eigenvalue weighted by molar-refractivity contribution is -0.120. The Morgan fingerprint density at radius 1 is 0.963 bits per heavy atom. The molecular formula is C21H22N4O2. The first-order valence-electron chi connectivity index (χ1n) is 8.65. The third-order valence-corrected chi connectivity index (χ3v) is 4.27. The molecule has 1 N–H and O–H groups in total. The largest absolute Gasteiger partial charge is 0.378 e. The lowest BCUT2D eigenvalue weighted by atomic mass is 10.2. The van der Waals surface area contributed by atoms with E-state index in [4.69, 9.17) is 0 Å². The number of rotatable bonds is 5. The third kappa shape index (κ3) is 4.23. The maximum atomic E-state index is 12.6. The summed E-state index contributed by atoms with van der Waals surface area (Å²) >= 11 is 0. The maximum absolute atomic E-state index is 12.6. The molecule has 3 rings (SSSR count). The lowest BCUT2D eigenvalue weighted by Gasteiger charge is -2.22. The van der Waals surface area contributed by atoms with Gasteiger partial charge in [0, 0.05) is 44.0 Å². The summed E-state index contributed by atoms with van der Waals surface area (Å²) in [6.07, 6.45) is 1.69. The topological polar surface area (TPSA) is 65.5 Å². The van der Waals surface area contributed by atoms with Crippen molar-refractivity contribution >= 4 is 39.8 Å². The van der Waals surface area contributed by atoms with Gasteiger partial charge in [0.2, 0.25) is 11.8 Å². The van der Waals surface area contributed by atoms with Crippen LogP contribution in [0.5, 0.6) is 0 Å². The minimum atomic E-state index is -0.278. The van der Waals surface area contributed by atoms with Crippen LogP contribution in [0.3, 0.4) is 0 Å². The van der Waals surface area contributed by atoms with E-state index in [2.05, 4.69) is 10.3 Å². The molecule has 0 saturated carbocycles. The first-order valence-corrected chi connectivity index (χ1v) is 8.65. The third-order valence-electron chi connectivity index (χ3n) is 4.27. The number of nitrogens with one attached hydrogen (secondary N) is 1. The summed E-state index contributed by atoms with van der Waals surface area (Å²) < 4.78 is 0. The smallest absolute Gasteiger partial charge is 0.244 e. The fourth-order valence-electron chi connectivity index (χ4n) is 2.85. The molecule has 0 aliphatic rings. The van der Waals surface area contributed by atoms with Gasteiger partial charge in [-0.15, -0.1) is 0 Å². The van der Waals surface area contributed by atoms with Gasteiger partial charge in [0.25, 0.3) is 0 Å². The fourth-order valence-corrected chi connectivity index (χ4v) is 2.85. The fraction of sp³-hybridized carbons (Fsp3) is 0.190. The van der Waals surface area contributed by atoms with Gasteiger partial charge in [0.1, 0.15) is 6.54 Å². The molecule has 0 saturated heterocycles. The minimum absolute atomic E-state index is 0.0696. The van der Waals surface area contributed by atoms with E-state index in [-0.39, 0.29) is 18.4 Å². The first-order chi connectivity index (χ1) is 13.0. The predicted octanol–water partition coefficient (Wildman–Crippen LogP) is 3.29. The van der Waals surface area contributed by atoms with Crippen LogP contribution in [-0.2, 0) is 9.59 Å². The van der Waals surface area contributed by atoms with E-state index in [9.17, 15) is 9.59 Å². The summed E-state index contributed by atoms with van der Waals surface area (Å²) in [6, 6.07) is 16.9. The highest BCUT2D eigenvalue weighted by Crippen LogP contribution is 2.22. The molecule has 0 atom stereocenters. The molecule has 1 heterocycles. The molecule has 0 fully saturated rings. The molecule has 0 radical (unpaired) electrons. The van der Waals surface area contributed by atoms with Crippen molar-refractivity contribution in [1.82, 2.24) is 4.98 Å². The molecule has 0 aliphatic heterocycles.